The van der Waals surface area contributed by atoms with Crippen LogP contribution >= 0.6 is 0 Å². The highest BCUT2D eigenvalue weighted by Crippen LogP contribution is 2.29. The smallest absolute Gasteiger partial charge is 0.326 e. The molecule has 0 unspecified atom stereocenters. The number of terminal acetylenes is 1. The first kappa shape index (κ1) is 15.4. The molecule has 1 aliphatic rings. The lowest BCUT2D eigenvalue weighted by molar-refractivity contribution is -0.139. The summed E-state index contributed by atoms with van der Waals surface area (Å²) < 4.78 is 0. The van der Waals surface area contributed by atoms with Crippen molar-refractivity contribution >= 4 is 12.0 Å². The second kappa shape index (κ2) is 7.03. The minimum Gasteiger partial charge on any atom is -0.480 e. The summed E-state index contributed by atoms with van der Waals surface area (Å²) in [6.07, 6.45) is 7.89. The van der Waals surface area contributed by atoms with Gasteiger partial charge in [-0.15, -0.1) is 6.42 Å². The van der Waals surface area contributed by atoms with Crippen molar-refractivity contribution in [2.45, 2.75) is 39.2 Å². The first-order valence-electron chi connectivity index (χ1n) is 6.65. The fraction of sp³-hybridized carbons (Fsp3) is 0.714. The Morgan fingerprint density at radius 1 is 1.47 bits per heavy atom. The van der Waals surface area contributed by atoms with Crippen LogP contribution in [0.3, 0.4) is 0 Å². The molecule has 5 nitrogen and oxygen atoms in total. The average Bonchev–Trinajstić information content (AvgIpc) is 3.10. The van der Waals surface area contributed by atoms with E-state index in [9.17, 15) is 9.59 Å². The predicted molar refractivity (Wildman–Crippen MR) is 72.5 cm³/mol. The van der Waals surface area contributed by atoms with Crippen LogP contribution in [0.1, 0.15) is 33.1 Å². The number of carbonyl (C=O) groups is 2. The molecular weight excluding hydrogens is 244 g/mol. The highest BCUT2D eigenvalue weighted by molar-refractivity contribution is 5.82. The third-order valence-electron chi connectivity index (χ3n) is 3.05. The highest BCUT2D eigenvalue weighted by Gasteiger charge is 2.28. The van der Waals surface area contributed by atoms with Crippen molar-refractivity contribution in [1.29, 1.82) is 0 Å². The number of carboxylic acid groups (broad SMARTS) is 1. The van der Waals surface area contributed by atoms with Gasteiger partial charge in [0.15, 0.2) is 0 Å². The molecule has 0 radical (unpaired) electrons. The zero-order valence-corrected chi connectivity index (χ0v) is 11.6. The summed E-state index contributed by atoms with van der Waals surface area (Å²) in [6, 6.07) is -1.23. The molecule has 1 rings (SSSR count). The number of urea groups is 1. The van der Waals surface area contributed by atoms with Gasteiger partial charge in [-0.2, -0.15) is 0 Å². The number of carbonyl (C=O) groups excluding carboxylic acids is 1. The normalized spacial score (nSPS) is 15.7. The van der Waals surface area contributed by atoms with E-state index in [1.54, 1.807) is 0 Å². The lowest BCUT2D eigenvalue weighted by Crippen LogP contribution is -2.49. The second-order valence-corrected chi connectivity index (χ2v) is 5.50. The van der Waals surface area contributed by atoms with Gasteiger partial charge in [-0.3, -0.25) is 0 Å². The molecule has 0 saturated heterocycles. The van der Waals surface area contributed by atoms with Gasteiger partial charge < -0.3 is 15.3 Å². The number of hydrogen-bond acceptors (Lipinski definition) is 2. The summed E-state index contributed by atoms with van der Waals surface area (Å²) in [4.78, 5) is 24.7. The average molecular weight is 266 g/mol. The number of nitrogens with zero attached hydrogens (tertiary/aromatic N) is 1. The Morgan fingerprint density at radius 2 is 2.11 bits per heavy atom. The molecule has 19 heavy (non-hydrogen) atoms. The minimum absolute atomic E-state index is 0.200. The summed E-state index contributed by atoms with van der Waals surface area (Å²) in [5.41, 5.74) is 0. The van der Waals surface area contributed by atoms with Crippen molar-refractivity contribution < 1.29 is 14.7 Å². The van der Waals surface area contributed by atoms with Crippen molar-refractivity contribution in [2.75, 3.05) is 13.1 Å². The van der Waals surface area contributed by atoms with Gasteiger partial charge in [-0.05, 0) is 31.1 Å². The van der Waals surface area contributed by atoms with Gasteiger partial charge in [0.1, 0.15) is 6.04 Å². The molecule has 0 aromatic carbocycles. The van der Waals surface area contributed by atoms with Gasteiger partial charge in [0.25, 0.3) is 0 Å². The molecule has 1 atom stereocenters. The Balaban J connectivity index is 2.56. The molecule has 2 N–H and O–H groups in total. The van der Waals surface area contributed by atoms with Crippen LogP contribution in [-0.2, 0) is 4.79 Å². The van der Waals surface area contributed by atoms with Gasteiger partial charge >= 0.3 is 12.0 Å². The molecule has 1 fully saturated rings. The molecule has 106 valence electrons. The molecule has 1 aliphatic carbocycles. The topological polar surface area (TPSA) is 69.6 Å². The van der Waals surface area contributed by atoms with Crippen LogP contribution < -0.4 is 5.32 Å². The van der Waals surface area contributed by atoms with Crippen LogP contribution in [0.25, 0.3) is 0 Å². The van der Waals surface area contributed by atoms with E-state index in [2.05, 4.69) is 11.2 Å². The van der Waals surface area contributed by atoms with E-state index in [-0.39, 0.29) is 18.5 Å². The summed E-state index contributed by atoms with van der Waals surface area (Å²) in [7, 11) is 0. The molecule has 5 heteroatoms. The number of nitrogens with one attached hydrogen (secondary N) is 1. The van der Waals surface area contributed by atoms with E-state index >= 15 is 0 Å². The van der Waals surface area contributed by atoms with Crippen LogP contribution in [0.2, 0.25) is 0 Å². The van der Waals surface area contributed by atoms with Crippen LogP contribution in [0.5, 0.6) is 0 Å². The van der Waals surface area contributed by atoms with E-state index < -0.39 is 12.0 Å². The first-order valence-corrected chi connectivity index (χ1v) is 6.65. The maximum atomic E-state index is 12.0. The highest BCUT2D eigenvalue weighted by atomic mass is 16.4. The Morgan fingerprint density at radius 3 is 2.53 bits per heavy atom. The molecular formula is C14H22N2O3. The standard InChI is InChI=1S/C14H22N2O3/c1-4-7-16(9-11-5-6-11)14(19)15-12(13(17)18)8-10(2)3/h1,10-12H,5-9H2,2-3H3,(H,15,19)(H,17,18)/t12-/m0/s1. The van der Waals surface area contributed by atoms with Crippen LogP contribution in [-0.4, -0.2) is 41.1 Å². The van der Waals surface area contributed by atoms with Gasteiger partial charge in [-0.25, -0.2) is 9.59 Å². The Bertz CT molecular complexity index is 369. The maximum Gasteiger partial charge on any atom is 0.326 e. The monoisotopic (exact) mass is 266 g/mol. The summed E-state index contributed by atoms with van der Waals surface area (Å²) in [6.45, 7) is 4.68. The van der Waals surface area contributed by atoms with Crippen molar-refractivity contribution in [3.63, 3.8) is 0 Å². The molecule has 0 aliphatic heterocycles. The van der Waals surface area contributed by atoms with Gasteiger partial charge in [-0.1, -0.05) is 19.8 Å². The Hall–Kier alpha value is -1.70. The van der Waals surface area contributed by atoms with Crippen LogP contribution in [0.15, 0.2) is 0 Å². The van der Waals surface area contributed by atoms with E-state index in [4.69, 9.17) is 11.5 Å². The van der Waals surface area contributed by atoms with E-state index in [0.29, 0.717) is 18.9 Å². The van der Waals surface area contributed by atoms with Crippen molar-refractivity contribution in [2.24, 2.45) is 11.8 Å². The zero-order chi connectivity index (χ0) is 14.4. The number of amides is 2. The van der Waals surface area contributed by atoms with Crippen molar-refractivity contribution in [1.82, 2.24) is 10.2 Å². The maximum absolute atomic E-state index is 12.0. The second-order valence-electron chi connectivity index (χ2n) is 5.50. The molecule has 0 aromatic heterocycles. The fourth-order valence-corrected chi connectivity index (χ4v) is 1.87. The SMILES string of the molecule is C#CCN(CC1CC1)C(=O)N[C@@H](CC(C)C)C(=O)O. The number of carboxylic acids is 1. The summed E-state index contributed by atoms with van der Waals surface area (Å²) in [5.74, 6) is 2.16. The van der Waals surface area contributed by atoms with E-state index in [1.165, 1.54) is 4.90 Å². The third-order valence-corrected chi connectivity index (χ3v) is 3.05. The lowest BCUT2D eigenvalue weighted by Gasteiger charge is -2.24. The number of aliphatic carboxylic acids is 1. The zero-order valence-electron chi connectivity index (χ0n) is 11.6. The van der Waals surface area contributed by atoms with E-state index in [0.717, 1.165) is 12.8 Å². The lowest BCUT2D eigenvalue weighted by atomic mass is 10.0. The van der Waals surface area contributed by atoms with Crippen LogP contribution in [0.4, 0.5) is 4.79 Å². The van der Waals surface area contributed by atoms with Gasteiger partial charge in [0.2, 0.25) is 0 Å². The molecule has 0 bridgehead atoms. The quantitative estimate of drug-likeness (QED) is 0.687. The molecule has 0 spiro atoms. The van der Waals surface area contributed by atoms with E-state index in [1.807, 2.05) is 13.8 Å². The molecule has 0 heterocycles. The van der Waals surface area contributed by atoms with Gasteiger partial charge in [0.05, 0.1) is 6.54 Å². The summed E-state index contributed by atoms with van der Waals surface area (Å²) in [5, 5.41) is 11.7. The molecule has 0 aromatic rings. The Labute approximate surface area is 114 Å². The fourth-order valence-electron chi connectivity index (χ4n) is 1.87. The van der Waals surface area contributed by atoms with Crippen molar-refractivity contribution in [3.8, 4) is 12.3 Å². The number of hydrogen-bond donors (Lipinski definition) is 2. The number of rotatable bonds is 7. The van der Waals surface area contributed by atoms with Gasteiger partial charge in [0, 0.05) is 6.54 Å². The summed E-state index contributed by atoms with van der Waals surface area (Å²) >= 11 is 0. The first-order chi connectivity index (χ1) is 8.93. The molecule has 2 amide bonds. The largest absolute Gasteiger partial charge is 0.480 e. The van der Waals surface area contributed by atoms with Crippen LogP contribution in [0, 0.1) is 24.2 Å². The van der Waals surface area contributed by atoms with Crippen molar-refractivity contribution in [3.05, 3.63) is 0 Å². The minimum atomic E-state index is -1.01. The predicted octanol–water partition coefficient (Wildman–Crippen LogP) is 1.54. The Kier molecular flexibility index (Phi) is 5.68. The third kappa shape index (κ3) is 5.64. The molecule has 1 saturated carbocycles.